The van der Waals surface area contributed by atoms with Crippen LogP contribution in [0.4, 0.5) is 10.2 Å². The molecular formula is C25H31FN6O2. The molecule has 180 valence electrons. The van der Waals surface area contributed by atoms with Gasteiger partial charge >= 0.3 is 0 Å². The van der Waals surface area contributed by atoms with E-state index >= 15 is 4.39 Å². The van der Waals surface area contributed by atoms with Crippen LogP contribution in [0.1, 0.15) is 33.1 Å². The number of anilines is 1. The van der Waals surface area contributed by atoms with Gasteiger partial charge in [-0.25, -0.2) is 9.37 Å². The standard InChI is InChI=1S/C25H31FN6O2/c1-25(2,34)14-32(21-9-17-5-7-19(30-17)24(21)26)23-12-27-20(11-28-23)18-6-4-15(8-22(18)33)16-10-29-31(3)13-16/h4,6,8,10-13,17,19,21,24,30,33-34H,5,7,9,14H2,1-3H3/t17?,19?,21-,24+/m1/s1. The minimum Gasteiger partial charge on any atom is -0.507 e. The smallest absolute Gasteiger partial charge is 0.147 e. The van der Waals surface area contributed by atoms with E-state index in [0.717, 1.165) is 24.0 Å². The molecule has 2 aromatic heterocycles. The minimum atomic E-state index is -1.05. The summed E-state index contributed by atoms with van der Waals surface area (Å²) in [6.45, 7) is 3.68. The van der Waals surface area contributed by atoms with Crippen molar-refractivity contribution in [1.82, 2.24) is 25.1 Å². The second kappa shape index (κ2) is 8.63. The quantitative estimate of drug-likeness (QED) is 0.514. The highest BCUT2D eigenvalue weighted by Crippen LogP contribution is 2.36. The lowest BCUT2D eigenvalue weighted by Gasteiger charge is -2.42. The molecular weight excluding hydrogens is 435 g/mol. The number of aromatic hydroxyl groups is 1. The average molecular weight is 467 g/mol. The fourth-order valence-electron chi connectivity index (χ4n) is 5.17. The van der Waals surface area contributed by atoms with Crippen molar-refractivity contribution in [1.29, 1.82) is 0 Å². The molecule has 2 aliphatic rings. The van der Waals surface area contributed by atoms with Crippen LogP contribution in [0.5, 0.6) is 5.75 Å². The van der Waals surface area contributed by atoms with E-state index in [2.05, 4.69) is 20.4 Å². The Balaban J connectivity index is 1.42. The number of alkyl halides is 1. The average Bonchev–Trinajstić information content (AvgIpc) is 3.41. The van der Waals surface area contributed by atoms with Crippen molar-refractivity contribution in [3.63, 3.8) is 0 Å². The van der Waals surface area contributed by atoms with E-state index in [1.54, 1.807) is 49.3 Å². The number of piperidine rings is 1. The number of nitrogens with zero attached hydrogens (tertiary/aromatic N) is 5. The summed E-state index contributed by atoms with van der Waals surface area (Å²) in [5.74, 6) is 0.613. The van der Waals surface area contributed by atoms with Crippen molar-refractivity contribution in [3.05, 3.63) is 43.0 Å². The largest absolute Gasteiger partial charge is 0.507 e. The molecule has 3 aromatic rings. The molecule has 4 heterocycles. The van der Waals surface area contributed by atoms with Gasteiger partial charge in [0.1, 0.15) is 17.7 Å². The number of aryl methyl sites for hydroxylation is 1. The first-order valence-corrected chi connectivity index (χ1v) is 11.7. The van der Waals surface area contributed by atoms with Crippen LogP contribution in [-0.2, 0) is 7.05 Å². The molecule has 0 amide bonds. The van der Waals surface area contributed by atoms with Gasteiger partial charge in [0.05, 0.1) is 35.9 Å². The summed E-state index contributed by atoms with van der Waals surface area (Å²) in [5.41, 5.74) is 1.81. The highest BCUT2D eigenvalue weighted by Gasteiger charge is 2.45. The summed E-state index contributed by atoms with van der Waals surface area (Å²) in [6, 6.07) is 5.14. The Bertz CT molecular complexity index is 1160. The third-order valence-corrected chi connectivity index (χ3v) is 6.76. The Morgan fingerprint density at radius 3 is 2.65 bits per heavy atom. The monoisotopic (exact) mass is 466 g/mol. The van der Waals surface area contributed by atoms with Gasteiger partial charge in [-0.05, 0) is 50.8 Å². The van der Waals surface area contributed by atoms with Crippen molar-refractivity contribution in [2.75, 3.05) is 11.4 Å². The van der Waals surface area contributed by atoms with Crippen LogP contribution < -0.4 is 10.2 Å². The van der Waals surface area contributed by atoms with E-state index in [0.29, 0.717) is 23.5 Å². The van der Waals surface area contributed by atoms with Crippen LogP contribution >= 0.6 is 0 Å². The van der Waals surface area contributed by atoms with Gasteiger partial charge in [0.15, 0.2) is 0 Å². The number of hydrogen-bond donors (Lipinski definition) is 3. The lowest BCUT2D eigenvalue weighted by molar-refractivity contribution is 0.0767. The molecule has 4 atom stereocenters. The first-order valence-electron chi connectivity index (χ1n) is 11.7. The van der Waals surface area contributed by atoms with E-state index in [4.69, 9.17) is 0 Å². The molecule has 9 heteroatoms. The maximum atomic E-state index is 15.4. The number of aliphatic hydroxyl groups is 1. The van der Waals surface area contributed by atoms with Crippen molar-refractivity contribution >= 4 is 5.82 Å². The lowest BCUT2D eigenvalue weighted by Crippen LogP contribution is -2.58. The maximum Gasteiger partial charge on any atom is 0.147 e. The van der Waals surface area contributed by atoms with Gasteiger partial charge in [0, 0.05) is 43.0 Å². The van der Waals surface area contributed by atoms with Crippen molar-refractivity contribution in [2.45, 2.75) is 63.0 Å². The molecule has 1 aromatic carbocycles. The zero-order chi connectivity index (χ0) is 24.0. The first kappa shape index (κ1) is 22.7. The zero-order valence-corrected chi connectivity index (χ0v) is 19.7. The second-order valence-electron chi connectivity index (χ2n) is 10.1. The highest BCUT2D eigenvalue weighted by molar-refractivity contribution is 5.73. The number of benzene rings is 1. The fourth-order valence-corrected chi connectivity index (χ4v) is 5.17. The zero-order valence-electron chi connectivity index (χ0n) is 19.7. The predicted octanol–water partition coefficient (Wildman–Crippen LogP) is 3.06. The normalized spacial score (nSPS) is 24.4. The van der Waals surface area contributed by atoms with Gasteiger partial charge < -0.3 is 20.4 Å². The number of aromatic nitrogens is 4. The van der Waals surface area contributed by atoms with Crippen LogP contribution in [0, 0.1) is 0 Å². The number of rotatable bonds is 6. The van der Waals surface area contributed by atoms with Gasteiger partial charge in [-0.1, -0.05) is 6.07 Å². The Kier molecular flexibility index (Phi) is 5.77. The van der Waals surface area contributed by atoms with Crippen LogP contribution in [-0.4, -0.2) is 66.4 Å². The molecule has 2 aliphatic heterocycles. The fraction of sp³-hybridized carbons (Fsp3) is 0.480. The number of nitrogens with one attached hydrogen (secondary N) is 1. The summed E-state index contributed by atoms with van der Waals surface area (Å²) in [6.07, 6.45) is 8.23. The molecule has 8 nitrogen and oxygen atoms in total. The van der Waals surface area contributed by atoms with Gasteiger partial charge in [0.2, 0.25) is 0 Å². The molecule has 0 aliphatic carbocycles. The first-order chi connectivity index (χ1) is 16.2. The second-order valence-corrected chi connectivity index (χ2v) is 10.1. The Morgan fingerprint density at radius 2 is 2.00 bits per heavy atom. The Morgan fingerprint density at radius 1 is 1.18 bits per heavy atom. The lowest BCUT2D eigenvalue weighted by atomic mass is 9.94. The molecule has 2 saturated heterocycles. The van der Waals surface area contributed by atoms with Crippen molar-refractivity contribution in [3.8, 4) is 28.1 Å². The molecule has 0 spiro atoms. The molecule has 5 rings (SSSR count). The SMILES string of the molecule is Cn1cc(-c2ccc(-c3cnc(N(CC(C)(C)O)[C@@H]4CC5CCC(N5)[C@@H]4F)cn3)c(O)c2)cn1. The summed E-state index contributed by atoms with van der Waals surface area (Å²) in [5, 5.41) is 28.7. The van der Waals surface area contributed by atoms with Crippen LogP contribution in [0.15, 0.2) is 43.0 Å². The molecule has 0 saturated carbocycles. The molecule has 2 bridgehead atoms. The van der Waals surface area contributed by atoms with Gasteiger partial charge in [-0.2, -0.15) is 5.10 Å². The van der Waals surface area contributed by atoms with Gasteiger partial charge in [-0.15, -0.1) is 0 Å². The number of fused-ring (bicyclic) bond motifs is 2. The Labute approximate surface area is 198 Å². The van der Waals surface area contributed by atoms with E-state index in [1.165, 1.54) is 0 Å². The summed E-state index contributed by atoms with van der Waals surface area (Å²) in [4.78, 5) is 11.0. The third kappa shape index (κ3) is 4.50. The Hall–Kier alpha value is -3.04. The summed E-state index contributed by atoms with van der Waals surface area (Å²) < 4.78 is 17.1. The van der Waals surface area contributed by atoms with E-state index in [1.807, 2.05) is 24.2 Å². The van der Waals surface area contributed by atoms with Crippen molar-refractivity contribution in [2.24, 2.45) is 7.05 Å². The molecule has 34 heavy (non-hydrogen) atoms. The highest BCUT2D eigenvalue weighted by atomic mass is 19.1. The van der Waals surface area contributed by atoms with Crippen molar-refractivity contribution < 1.29 is 14.6 Å². The topological polar surface area (TPSA) is 99.3 Å². The van der Waals surface area contributed by atoms with Crippen LogP contribution in [0.2, 0.25) is 0 Å². The predicted molar refractivity (Wildman–Crippen MR) is 128 cm³/mol. The minimum absolute atomic E-state index is 0.0931. The number of phenols is 1. The molecule has 2 unspecified atom stereocenters. The number of halogens is 1. The van der Waals surface area contributed by atoms with Crippen LogP contribution in [0.25, 0.3) is 22.4 Å². The molecule has 2 fully saturated rings. The van der Waals surface area contributed by atoms with E-state index in [-0.39, 0.29) is 30.4 Å². The van der Waals surface area contributed by atoms with Crippen LogP contribution in [0.3, 0.4) is 0 Å². The summed E-state index contributed by atoms with van der Waals surface area (Å²) in [7, 11) is 1.84. The van der Waals surface area contributed by atoms with E-state index in [9.17, 15) is 10.2 Å². The summed E-state index contributed by atoms with van der Waals surface area (Å²) >= 11 is 0. The number of phenolic OH excluding ortho intramolecular Hbond substituents is 1. The number of hydrogen-bond acceptors (Lipinski definition) is 7. The maximum absolute atomic E-state index is 15.4. The molecule has 3 N–H and O–H groups in total. The van der Waals surface area contributed by atoms with E-state index < -0.39 is 11.8 Å². The third-order valence-electron chi connectivity index (χ3n) is 6.76. The van der Waals surface area contributed by atoms with Gasteiger partial charge in [0.25, 0.3) is 0 Å². The molecule has 0 radical (unpaired) electrons. The van der Waals surface area contributed by atoms with Gasteiger partial charge in [-0.3, -0.25) is 9.67 Å².